The average molecular weight is 200 g/mol. The Balaban J connectivity index is 2.21. The quantitative estimate of drug-likeness (QED) is 0.714. The fraction of sp³-hybridized carbons (Fsp3) is 0.286. The highest BCUT2D eigenvalue weighted by Gasteiger charge is 2.17. The van der Waals surface area contributed by atoms with E-state index in [1.165, 1.54) is 16.4 Å². The molecule has 2 rings (SSSR count). The lowest BCUT2D eigenvalue weighted by Gasteiger charge is -1.98. The first-order valence-corrected chi connectivity index (χ1v) is 4.52. The molecule has 1 aromatic heterocycles. The lowest BCUT2D eigenvalue weighted by Crippen LogP contribution is -2.02. The fourth-order valence-electron chi connectivity index (χ4n) is 0.891. The minimum absolute atomic E-state index is 0.0551. The van der Waals surface area contributed by atoms with E-state index in [1.54, 1.807) is 18.6 Å². The normalized spacial score (nSPS) is 15.8. The standard InChI is InChI=1S/C7H8N2O3S/c1-9-2-6(11-12-9)7-8-5(3-10)4-13-7/h2,4,10H,3H2,1H3. The zero-order valence-corrected chi connectivity index (χ0v) is 7.74. The highest BCUT2D eigenvalue weighted by molar-refractivity contribution is 7.10. The van der Waals surface area contributed by atoms with Crippen molar-refractivity contribution in [3.63, 3.8) is 0 Å². The second kappa shape index (κ2) is 3.33. The lowest BCUT2D eigenvalue weighted by molar-refractivity contribution is -0.340. The van der Waals surface area contributed by atoms with Gasteiger partial charge in [-0.3, -0.25) is 0 Å². The molecule has 0 spiro atoms. The topological polar surface area (TPSA) is 54.8 Å². The monoisotopic (exact) mass is 200 g/mol. The number of aromatic nitrogens is 1. The molecule has 0 aromatic carbocycles. The molecule has 0 amide bonds. The first-order chi connectivity index (χ1) is 6.29. The van der Waals surface area contributed by atoms with Crippen LogP contribution in [0.15, 0.2) is 11.6 Å². The predicted molar refractivity (Wildman–Crippen MR) is 45.9 cm³/mol. The van der Waals surface area contributed by atoms with Crippen LogP contribution in [0.4, 0.5) is 0 Å². The molecule has 0 atom stereocenters. The summed E-state index contributed by atoms with van der Waals surface area (Å²) in [6.07, 6.45) is 1.68. The van der Waals surface area contributed by atoms with E-state index >= 15 is 0 Å². The van der Waals surface area contributed by atoms with Gasteiger partial charge in [0.2, 0.25) is 5.76 Å². The van der Waals surface area contributed by atoms with Crippen LogP contribution in [0.3, 0.4) is 0 Å². The molecule has 1 N–H and O–H groups in total. The number of hydrogen-bond acceptors (Lipinski definition) is 6. The van der Waals surface area contributed by atoms with E-state index in [0.717, 1.165) is 0 Å². The second-order valence-electron chi connectivity index (χ2n) is 2.50. The maximum Gasteiger partial charge on any atom is 0.222 e. The molecule has 0 saturated heterocycles. The van der Waals surface area contributed by atoms with Crippen molar-refractivity contribution in [2.45, 2.75) is 6.61 Å². The SMILES string of the molecule is CN1C=C(c2nc(CO)cs2)OO1. The third kappa shape index (κ3) is 1.64. The minimum Gasteiger partial charge on any atom is -0.390 e. The molecule has 1 aromatic rings. The Labute approximate surface area is 78.7 Å². The summed E-state index contributed by atoms with van der Waals surface area (Å²) in [5.74, 6) is 0.562. The van der Waals surface area contributed by atoms with Crippen LogP contribution in [-0.4, -0.2) is 22.2 Å². The van der Waals surface area contributed by atoms with Crippen molar-refractivity contribution in [1.29, 1.82) is 0 Å². The molecule has 1 aliphatic heterocycles. The zero-order valence-electron chi connectivity index (χ0n) is 6.93. The minimum atomic E-state index is -0.0551. The molecule has 0 bridgehead atoms. The summed E-state index contributed by atoms with van der Waals surface area (Å²) in [6, 6.07) is 0. The molecular formula is C7H8N2O3S. The second-order valence-corrected chi connectivity index (χ2v) is 3.36. The van der Waals surface area contributed by atoms with Gasteiger partial charge in [-0.25, -0.2) is 10.0 Å². The van der Waals surface area contributed by atoms with Gasteiger partial charge in [-0.1, -0.05) is 4.99 Å². The smallest absolute Gasteiger partial charge is 0.222 e. The molecule has 0 saturated carbocycles. The van der Waals surface area contributed by atoms with Gasteiger partial charge in [-0.2, -0.15) is 0 Å². The summed E-state index contributed by atoms with van der Waals surface area (Å²) in [6.45, 7) is -0.0551. The van der Waals surface area contributed by atoms with E-state index in [4.69, 9.17) is 15.0 Å². The number of nitrogens with zero attached hydrogens (tertiary/aromatic N) is 2. The third-order valence-electron chi connectivity index (χ3n) is 1.47. The van der Waals surface area contributed by atoms with Crippen LogP contribution in [0.1, 0.15) is 10.7 Å². The number of aliphatic hydroxyl groups is 1. The third-order valence-corrected chi connectivity index (χ3v) is 2.37. The average Bonchev–Trinajstić information content (AvgIpc) is 2.71. The fourth-order valence-corrected chi connectivity index (χ4v) is 1.64. The number of hydrogen-bond donors (Lipinski definition) is 1. The van der Waals surface area contributed by atoms with Crippen molar-refractivity contribution in [2.24, 2.45) is 0 Å². The Bertz CT molecular complexity index is 336. The predicted octanol–water partition coefficient (Wildman–Crippen LogP) is 0.742. The summed E-state index contributed by atoms with van der Waals surface area (Å²) in [4.78, 5) is 13.7. The van der Waals surface area contributed by atoms with Crippen LogP contribution in [0.2, 0.25) is 0 Å². The number of hydroxylamine groups is 2. The summed E-state index contributed by atoms with van der Waals surface area (Å²) in [5.41, 5.74) is 0.638. The Morgan fingerprint density at radius 2 is 2.54 bits per heavy atom. The van der Waals surface area contributed by atoms with Crippen LogP contribution in [0, 0.1) is 0 Å². The lowest BCUT2D eigenvalue weighted by atomic mass is 10.5. The largest absolute Gasteiger partial charge is 0.390 e. The zero-order chi connectivity index (χ0) is 9.26. The van der Waals surface area contributed by atoms with Crippen molar-refractivity contribution in [2.75, 3.05) is 7.05 Å². The van der Waals surface area contributed by atoms with Crippen molar-refractivity contribution < 1.29 is 15.0 Å². The summed E-state index contributed by atoms with van der Waals surface area (Å²) >= 11 is 1.40. The van der Waals surface area contributed by atoms with Gasteiger partial charge in [-0.05, 0) is 0 Å². The van der Waals surface area contributed by atoms with Crippen LogP contribution in [0.25, 0.3) is 5.76 Å². The molecule has 0 unspecified atom stereocenters. The van der Waals surface area contributed by atoms with Gasteiger partial charge in [0.15, 0.2) is 5.01 Å². The van der Waals surface area contributed by atoms with E-state index < -0.39 is 0 Å². The molecule has 70 valence electrons. The van der Waals surface area contributed by atoms with Gasteiger partial charge in [0.1, 0.15) is 0 Å². The summed E-state index contributed by atoms with van der Waals surface area (Å²) < 4.78 is 0. The number of rotatable bonds is 2. The van der Waals surface area contributed by atoms with Crippen LogP contribution < -0.4 is 0 Å². The van der Waals surface area contributed by atoms with Crippen molar-refractivity contribution in [1.82, 2.24) is 10.0 Å². The maximum absolute atomic E-state index is 8.79. The highest BCUT2D eigenvalue weighted by Crippen LogP contribution is 2.25. The van der Waals surface area contributed by atoms with Crippen LogP contribution in [-0.2, 0) is 16.5 Å². The van der Waals surface area contributed by atoms with Crippen LogP contribution in [0.5, 0.6) is 0 Å². The highest BCUT2D eigenvalue weighted by atomic mass is 32.1. The molecule has 0 fully saturated rings. The van der Waals surface area contributed by atoms with E-state index in [-0.39, 0.29) is 6.61 Å². The number of aliphatic hydroxyl groups excluding tert-OH is 1. The molecular weight excluding hydrogens is 192 g/mol. The molecule has 6 heteroatoms. The summed E-state index contributed by atoms with van der Waals surface area (Å²) in [7, 11) is 1.72. The van der Waals surface area contributed by atoms with Crippen molar-refractivity contribution in [3.8, 4) is 0 Å². The van der Waals surface area contributed by atoms with Crippen molar-refractivity contribution >= 4 is 17.1 Å². The van der Waals surface area contributed by atoms with E-state index in [0.29, 0.717) is 16.5 Å². The molecule has 5 nitrogen and oxygen atoms in total. The first-order valence-electron chi connectivity index (χ1n) is 3.64. The van der Waals surface area contributed by atoms with Gasteiger partial charge in [0, 0.05) is 12.4 Å². The first kappa shape index (κ1) is 8.49. The van der Waals surface area contributed by atoms with Gasteiger partial charge in [0.05, 0.1) is 18.5 Å². The van der Waals surface area contributed by atoms with E-state index in [2.05, 4.69) is 4.98 Å². The van der Waals surface area contributed by atoms with E-state index in [9.17, 15) is 0 Å². The van der Waals surface area contributed by atoms with Gasteiger partial charge in [-0.15, -0.1) is 11.3 Å². The van der Waals surface area contributed by atoms with Gasteiger partial charge in [0.25, 0.3) is 0 Å². The van der Waals surface area contributed by atoms with Crippen LogP contribution >= 0.6 is 11.3 Å². The van der Waals surface area contributed by atoms with Gasteiger partial charge >= 0.3 is 0 Å². The molecule has 0 radical (unpaired) electrons. The Morgan fingerprint density at radius 3 is 3.08 bits per heavy atom. The molecule has 13 heavy (non-hydrogen) atoms. The Kier molecular flexibility index (Phi) is 2.17. The molecule has 1 aliphatic rings. The molecule has 0 aliphatic carbocycles. The van der Waals surface area contributed by atoms with E-state index in [1.807, 2.05) is 0 Å². The number of thiazole rings is 1. The van der Waals surface area contributed by atoms with Crippen molar-refractivity contribution in [3.05, 3.63) is 22.3 Å². The van der Waals surface area contributed by atoms with Gasteiger partial charge < -0.3 is 9.99 Å². The summed E-state index contributed by atoms with van der Waals surface area (Å²) in [5, 5.41) is 12.7. The Morgan fingerprint density at radius 1 is 1.69 bits per heavy atom. The maximum atomic E-state index is 8.79. The molecule has 2 heterocycles. The Hall–Kier alpha value is -1.11.